The topological polar surface area (TPSA) is 39.9 Å². The van der Waals surface area contributed by atoms with Crippen molar-refractivity contribution in [1.82, 2.24) is 14.8 Å². The van der Waals surface area contributed by atoms with Gasteiger partial charge in [-0.15, -0.1) is 10.2 Å². The molecule has 3 aromatic carbocycles. The van der Waals surface area contributed by atoms with Crippen LogP contribution in [0.15, 0.2) is 78.0 Å². The molecule has 1 aromatic heterocycles. The Kier molecular flexibility index (Phi) is 6.23. The van der Waals surface area contributed by atoms with Crippen LogP contribution in [0.3, 0.4) is 0 Å². The van der Waals surface area contributed by atoms with Gasteiger partial charge in [0.2, 0.25) is 0 Å². The highest BCUT2D eigenvalue weighted by molar-refractivity contribution is 7.98. The van der Waals surface area contributed by atoms with Gasteiger partial charge in [-0.2, -0.15) is 13.2 Å². The SMILES string of the molecule is COc1cccc(-c2nnc(SCc3ccc(C(F)(F)F)cc3)n2-c2ccc(C)cc2)c1. The minimum Gasteiger partial charge on any atom is -0.497 e. The molecule has 0 atom stereocenters. The molecule has 0 amide bonds. The number of hydrogen-bond acceptors (Lipinski definition) is 4. The predicted molar refractivity (Wildman–Crippen MR) is 119 cm³/mol. The van der Waals surface area contributed by atoms with Crippen LogP contribution in [-0.4, -0.2) is 21.9 Å². The van der Waals surface area contributed by atoms with E-state index in [4.69, 9.17) is 4.74 Å². The quantitative estimate of drug-likeness (QED) is 0.309. The van der Waals surface area contributed by atoms with Crippen molar-refractivity contribution in [3.63, 3.8) is 0 Å². The van der Waals surface area contributed by atoms with Crippen LogP contribution < -0.4 is 4.74 Å². The molecular formula is C24H20F3N3OS. The highest BCUT2D eigenvalue weighted by atomic mass is 32.2. The summed E-state index contributed by atoms with van der Waals surface area (Å²) < 4.78 is 45.8. The van der Waals surface area contributed by atoms with Crippen LogP contribution >= 0.6 is 11.8 Å². The Balaban J connectivity index is 1.67. The first kappa shape index (κ1) is 22.0. The summed E-state index contributed by atoms with van der Waals surface area (Å²) in [5, 5.41) is 9.43. The summed E-state index contributed by atoms with van der Waals surface area (Å²) in [7, 11) is 1.61. The van der Waals surface area contributed by atoms with E-state index in [1.165, 1.54) is 23.9 Å². The second-order valence-corrected chi connectivity index (χ2v) is 8.13. The second-order valence-electron chi connectivity index (χ2n) is 7.19. The van der Waals surface area contributed by atoms with Gasteiger partial charge in [-0.3, -0.25) is 4.57 Å². The zero-order valence-electron chi connectivity index (χ0n) is 17.4. The summed E-state index contributed by atoms with van der Waals surface area (Å²) >= 11 is 1.41. The predicted octanol–water partition coefficient (Wildman–Crippen LogP) is 6.56. The average Bonchev–Trinajstić information content (AvgIpc) is 3.22. The van der Waals surface area contributed by atoms with Gasteiger partial charge in [0.05, 0.1) is 12.7 Å². The number of nitrogens with zero attached hydrogens (tertiary/aromatic N) is 3. The lowest BCUT2D eigenvalue weighted by molar-refractivity contribution is -0.137. The molecule has 4 rings (SSSR count). The highest BCUT2D eigenvalue weighted by Gasteiger charge is 2.30. The third-order valence-corrected chi connectivity index (χ3v) is 5.90. The van der Waals surface area contributed by atoms with Crippen LogP contribution in [0.5, 0.6) is 5.75 Å². The molecule has 0 saturated carbocycles. The zero-order valence-corrected chi connectivity index (χ0v) is 18.2. The van der Waals surface area contributed by atoms with Crippen molar-refractivity contribution in [2.24, 2.45) is 0 Å². The van der Waals surface area contributed by atoms with Gasteiger partial charge in [0.15, 0.2) is 11.0 Å². The molecule has 4 aromatic rings. The molecule has 0 aliphatic rings. The Morgan fingerprint density at radius 2 is 1.66 bits per heavy atom. The summed E-state index contributed by atoms with van der Waals surface area (Å²) in [6.07, 6.45) is -4.34. The number of halogens is 3. The Labute approximate surface area is 188 Å². The fourth-order valence-corrected chi connectivity index (χ4v) is 4.08. The Morgan fingerprint density at radius 1 is 0.938 bits per heavy atom. The van der Waals surface area contributed by atoms with Crippen LogP contribution in [0.1, 0.15) is 16.7 Å². The number of benzene rings is 3. The smallest absolute Gasteiger partial charge is 0.416 e. The number of aromatic nitrogens is 3. The normalized spacial score (nSPS) is 11.5. The Bertz CT molecular complexity index is 1200. The van der Waals surface area contributed by atoms with Crippen LogP contribution in [-0.2, 0) is 11.9 Å². The van der Waals surface area contributed by atoms with Gasteiger partial charge < -0.3 is 4.74 Å². The Morgan fingerprint density at radius 3 is 2.31 bits per heavy atom. The van der Waals surface area contributed by atoms with Crippen molar-refractivity contribution in [2.75, 3.05) is 7.11 Å². The molecule has 0 spiro atoms. The van der Waals surface area contributed by atoms with Crippen molar-refractivity contribution >= 4 is 11.8 Å². The number of alkyl halides is 3. The van der Waals surface area contributed by atoms with Gasteiger partial charge >= 0.3 is 6.18 Å². The van der Waals surface area contributed by atoms with Gasteiger partial charge in [0.1, 0.15) is 5.75 Å². The molecule has 1 heterocycles. The van der Waals surface area contributed by atoms with E-state index in [0.29, 0.717) is 22.5 Å². The molecule has 0 aliphatic heterocycles. The van der Waals surface area contributed by atoms with Gasteiger partial charge in [-0.25, -0.2) is 0 Å². The van der Waals surface area contributed by atoms with E-state index in [1.54, 1.807) is 7.11 Å². The maximum atomic E-state index is 12.8. The third-order valence-electron chi connectivity index (χ3n) is 4.90. The molecule has 4 nitrogen and oxygen atoms in total. The molecular weight excluding hydrogens is 435 g/mol. The van der Waals surface area contributed by atoms with Crippen LogP contribution in [0.25, 0.3) is 17.1 Å². The van der Waals surface area contributed by atoms with Crippen molar-refractivity contribution in [3.05, 3.63) is 89.5 Å². The van der Waals surface area contributed by atoms with Crippen LogP contribution in [0, 0.1) is 6.92 Å². The van der Waals surface area contributed by atoms with Crippen LogP contribution in [0.2, 0.25) is 0 Å². The van der Waals surface area contributed by atoms with E-state index in [9.17, 15) is 13.2 Å². The summed E-state index contributed by atoms with van der Waals surface area (Å²) in [6.45, 7) is 2.01. The lowest BCUT2D eigenvalue weighted by atomic mass is 10.1. The first-order chi connectivity index (χ1) is 15.3. The summed E-state index contributed by atoms with van der Waals surface area (Å²) in [6, 6.07) is 20.7. The number of hydrogen-bond donors (Lipinski definition) is 0. The molecule has 0 aliphatic carbocycles. The summed E-state index contributed by atoms with van der Waals surface area (Å²) in [5.41, 5.74) is 2.98. The summed E-state index contributed by atoms with van der Waals surface area (Å²) in [4.78, 5) is 0. The summed E-state index contributed by atoms with van der Waals surface area (Å²) in [5.74, 6) is 1.82. The van der Waals surface area contributed by atoms with Gasteiger partial charge in [-0.05, 0) is 48.9 Å². The largest absolute Gasteiger partial charge is 0.497 e. The minimum absolute atomic E-state index is 0.459. The highest BCUT2D eigenvalue weighted by Crippen LogP contribution is 2.33. The zero-order chi connectivity index (χ0) is 22.7. The lowest BCUT2D eigenvalue weighted by Crippen LogP contribution is -2.04. The standard InChI is InChI=1S/C24H20F3N3OS/c1-16-6-12-20(13-7-16)30-22(18-4-3-5-21(14-18)31-2)28-29-23(30)32-15-17-8-10-19(11-9-17)24(25,26)27/h3-14H,15H2,1-2H3. The number of methoxy groups -OCH3 is 1. The van der Waals surface area contributed by atoms with E-state index in [-0.39, 0.29) is 0 Å². The maximum Gasteiger partial charge on any atom is 0.416 e. The van der Waals surface area contributed by atoms with Crippen LogP contribution in [0.4, 0.5) is 13.2 Å². The van der Waals surface area contributed by atoms with E-state index in [2.05, 4.69) is 10.2 Å². The van der Waals surface area contributed by atoms with Crippen molar-refractivity contribution in [3.8, 4) is 22.8 Å². The molecule has 0 saturated heterocycles. The third kappa shape index (κ3) is 4.80. The molecule has 32 heavy (non-hydrogen) atoms. The van der Waals surface area contributed by atoms with Gasteiger partial charge in [-0.1, -0.05) is 53.7 Å². The second kappa shape index (κ2) is 9.08. The molecule has 0 fully saturated rings. The number of ether oxygens (including phenoxy) is 1. The fraction of sp³-hybridized carbons (Fsp3) is 0.167. The van der Waals surface area contributed by atoms with Crippen molar-refractivity contribution < 1.29 is 17.9 Å². The van der Waals surface area contributed by atoms with E-state index < -0.39 is 11.7 Å². The number of aryl methyl sites for hydroxylation is 1. The van der Waals surface area contributed by atoms with E-state index >= 15 is 0 Å². The molecule has 0 bridgehead atoms. The molecule has 0 radical (unpaired) electrons. The van der Waals surface area contributed by atoms with E-state index in [1.807, 2.05) is 60.0 Å². The minimum atomic E-state index is -4.34. The van der Waals surface area contributed by atoms with Crippen molar-refractivity contribution in [2.45, 2.75) is 24.0 Å². The first-order valence-electron chi connectivity index (χ1n) is 9.81. The van der Waals surface area contributed by atoms with Crippen molar-refractivity contribution in [1.29, 1.82) is 0 Å². The number of rotatable bonds is 6. The first-order valence-corrected chi connectivity index (χ1v) is 10.8. The molecule has 164 valence electrons. The average molecular weight is 456 g/mol. The molecule has 0 N–H and O–H groups in total. The maximum absolute atomic E-state index is 12.8. The monoisotopic (exact) mass is 455 g/mol. The van der Waals surface area contributed by atoms with Gasteiger partial charge in [0, 0.05) is 17.0 Å². The fourth-order valence-electron chi connectivity index (χ4n) is 3.18. The molecule has 8 heteroatoms. The molecule has 0 unspecified atom stereocenters. The van der Waals surface area contributed by atoms with Gasteiger partial charge in [0.25, 0.3) is 0 Å². The Hall–Kier alpha value is -3.26. The van der Waals surface area contributed by atoms with E-state index in [0.717, 1.165) is 34.5 Å². The lowest BCUT2D eigenvalue weighted by Gasteiger charge is -2.12. The number of thioether (sulfide) groups is 1.